The average molecular weight is 343 g/mol. The van der Waals surface area contributed by atoms with E-state index in [4.69, 9.17) is 11.6 Å². The van der Waals surface area contributed by atoms with Crippen LogP contribution in [-0.2, 0) is 4.79 Å². The van der Waals surface area contributed by atoms with Gasteiger partial charge in [-0.3, -0.25) is 10.1 Å². The molecule has 0 aliphatic carbocycles. The highest BCUT2D eigenvalue weighted by molar-refractivity contribution is 7.22. The number of rotatable bonds is 3. The summed E-state index contributed by atoms with van der Waals surface area (Å²) in [7, 11) is 0. The molecular formula is C18H15ClN2OS. The summed E-state index contributed by atoms with van der Waals surface area (Å²) in [6, 6.07) is 11.5. The van der Waals surface area contributed by atoms with Gasteiger partial charge in [-0.15, -0.1) is 0 Å². The molecule has 0 spiro atoms. The average Bonchev–Trinajstić information content (AvgIpc) is 2.95. The quantitative estimate of drug-likeness (QED) is 0.663. The van der Waals surface area contributed by atoms with E-state index in [1.807, 2.05) is 38.1 Å². The molecule has 0 unspecified atom stereocenters. The Morgan fingerprint density at radius 3 is 2.65 bits per heavy atom. The molecule has 1 heterocycles. The first-order valence-electron chi connectivity index (χ1n) is 7.15. The second-order valence-corrected chi connectivity index (χ2v) is 6.65. The molecule has 0 bridgehead atoms. The number of carbonyl (C=O) groups is 1. The fourth-order valence-corrected chi connectivity index (χ4v) is 3.45. The monoisotopic (exact) mass is 342 g/mol. The van der Waals surface area contributed by atoms with Gasteiger partial charge >= 0.3 is 0 Å². The van der Waals surface area contributed by atoms with Gasteiger partial charge in [0.05, 0.1) is 10.2 Å². The number of hydrogen-bond donors (Lipinski definition) is 1. The van der Waals surface area contributed by atoms with Gasteiger partial charge in [0.25, 0.3) is 0 Å². The molecule has 2 aromatic carbocycles. The van der Waals surface area contributed by atoms with Gasteiger partial charge in [-0.05, 0) is 42.7 Å². The summed E-state index contributed by atoms with van der Waals surface area (Å²) in [6.45, 7) is 4.06. The lowest BCUT2D eigenvalue weighted by Crippen LogP contribution is -2.07. The van der Waals surface area contributed by atoms with Gasteiger partial charge < -0.3 is 0 Å². The first kappa shape index (κ1) is 15.7. The fourth-order valence-electron chi connectivity index (χ4n) is 2.24. The zero-order valence-corrected chi connectivity index (χ0v) is 14.3. The lowest BCUT2D eigenvalue weighted by molar-refractivity contribution is -0.111. The van der Waals surface area contributed by atoms with Gasteiger partial charge in [-0.1, -0.05) is 53.3 Å². The lowest BCUT2D eigenvalue weighted by Gasteiger charge is -1.97. The van der Waals surface area contributed by atoms with Gasteiger partial charge in [0.15, 0.2) is 5.13 Å². The van der Waals surface area contributed by atoms with Crippen LogP contribution in [0.4, 0.5) is 5.13 Å². The summed E-state index contributed by atoms with van der Waals surface area (Å²) in [4.78, 5) is 16.6. The van der Waals surface area contributed by atoms with Gasteiger partial charge in [-0.25, -0.2) is 4.98 Å². The normalized spacial score (nSPS) is 11.3. The molecule has 3 aromatic rings. The molecule has 116 valence electrons. The number of halogens is 1. The van der Waals surface area contributed by atoms with E-state index in [2.05, 4.69) is 16.4 Å². The Balaban J connectivity index is 1.79. The number of fused-ring (bicyclic) bond motifs is 1. The van der Waals surface area contributed by atoms with Crippen LogP contribution in [0, 0.1) is 13.8 Å². The molecule has 0 radical (unpaired) electrons. The number of anilines is 1. The highest BCUT2D eigenvalue weighted by Gasteiger charge is 2.09. The number of thiazole rings is 1. The Hall–Kier alpha value is -2.17. The highest BCUT2D eigenvalue weighted by Crippen LogP contribution is 2.30. The van der Waals surface area contributed by atoms with Crippen molar-refractivity contribution in [1.29, 1.82) is 0 Å². The molecule has 0 saturated carbocycles. The summed E-state index contributed by atoms with van der Waals surface area (Å²) >= 11 is 7.55. The van der Waals surface area contributed by atoms with Crippen LogP contribution >= 0.6 is 22.9 Å². The number of hydrogen-bond acceptors (Lipinski definition) is 3. The van der Waals surface area contributed by atoms with Crippen molar-refractivity contribution in [3.05, 3.63) is 64.2 Å². The third kappa shape index (κ3) is 3.44. The zero-order chi connectivity index (χ0) is 16.4. The maximum absolute atomic E-state index is 12.1. The summed E-state index contributed by atoms with van der Waals surface area (Å²) in [5.41, 5.74) is 4.02. The number of aromatic nitrogens is 1. The second-order valence-electron chi connectivity index (χ2n) is 5.24. The predicted molar refractivity (Wildman–Crippen MR) is 98.2 cm³/mol. The minimum absolute atomic E-state index is 0.223. The number of aryl methyl sites for hydroxylation is 2. The molecule has 1 N–H and O–H groups in total. The van der Waals surface area contributed by atoms with Crippen molar-refractivity contribution in [2.75, 3.05) is 5.32 Å². The Kier molecular flexibility index (Phi) is 4.46. The SMILES string of the molecule is Cc1ccc(C)c2sc(NC(=O)/C=C/c3ccccc3Cl)nc12. The summed E-state index contributed by atoms with van der Waals surface area (Å²) in [6.07, 6.45) is 3.16. The van der Waals surface area contributed by atoms with Crippen molar-refractivity contribution in [3.8, 4) is 0 Å². The Labute approximate surface area is 143 Å². The van der Waals surface area contributed by atoms with Gasteiger partial charge in [0, 0.05) is 11.1 Å². The highest BCUT2D eigenvalue weighted by atomic mass is 35.5. The first-order valence-corrected chi connectivity index (χ1v) is 8.34. The Morgan fingerprint density at radius 2 is 1.91 bits per heavy atom. The maximum atomic E-state index is 12.1. The van der Waals surface area contributed by atoms with Crippen LogP contribution in [0.3, 0.4) is 0 Å². The largest absolute Gasteiger partial charge is 0.298 e. The Morgan fingerprint density at radius 1 is 1.17 bits per heavy atom. The van der Waals surface area contributed by atoms with Crippen molar-refractivity contribution < 1.29 is 4.79 Å². The molecule has 0 atom stereocenters. The van der Waals surface area contributed by atoms with Crippen molar-refractivity contribution in [1.82, 2.24) is 4.98 Å². The van der Waals surface area contributed by atoms with Crippen LogP contribution in [0.2, 0.25) is 5.02 Å². The number of nitrogens with one attached hydrogen (secondary N) is 1. The lowest BCUT2D eigenvalue weighted by atomic mass is 10.1. The van der Waals surface area contributed by atoms with E-state index in [0.29, 0.717) is 10.2 Å². The standard InChI is InChI=1S/C18H15ClN2OS/c1-11-7-8-12(2)17-16(11)21-18(23-17)20-15(22)10-9-13-5-3-4-6-14(13)19/h3-10H,1-2H3,(H,20,21,22)/b10-9+. The van der Waals surface area contributed by atoms with Gasteiger partial charge in [0.2, 0.25) is 5.91 Å². The van der Waals surface area contributed by atoms with Crippen molar-refractivity contribution in [2.45, 2.75) is 13.8 Å². The van der Waals surface area contributed by atoms with E-state index in [0.717, 1.165) is 26.9 Å². The summed E-state index contributed by atoms with van der Waals surface area (Å²) in [5, 5.41) is 4.03. The van der Waals surface area contributed by atoms with Gasteiger partial charge in [0.1, 0.15) is 0 Å². The minimum atomic E-state index is -0.223. The number of nitrogens with zero attached hydrogens (tertiary/aromatic N) is 1. The number of benzene rings is 2. The van der Waals surface area contributed by atoms with E-state index in [1.54, 1.807) is 12.1 Å². The molecule has 1 amide bonds. The van der Waals surface area contributed by atoms with E-state index in [9.17, 15) is 4.79 Å². The topological polar surface area (TPSA) is 42.0 Å². The maximum Gasteiger partial charge on any atom is 0.250 e. The fraction of sp³-hybridized carbons (Fsp3) is 0.111. The smallest absolute Gasteiger partial charge is 0.250 e. The van der Waals surface area contributed by atoms with E-state index in [1.165, 1.54) is 17.4 Å². The first-order chi connectivity index (χ1) is 11.0. The van der Waals surface area contributed by atoms with E-state index < -0.39 is 0 Å². The van der Waals surface area contributed by atoms with Crippen LogP contribution in [-0.4, -0.2) is 10.9 Å². The molecule has 23 heavy (non-hydrogen) atoms. The van der Waals surface area contributed by atoms with Crippen LogP contribution in [0.5, 0.6) is 0 Å². The summed E-state index contributed by atoms with van der Waals surface area (Å²) < 4.78 is 1.11. The van der Waals surface area contributed by atoms with E-state index >= 15 is 0 Å². The molecule has 0 saturated heterocycles. The van der Waals surface area contributed by atoms with E-state index in [-0.39, 0.29) is 5.91 Å². The van der Waals surface area contributed by atoms with Crippen LogP contribution in [0.15, 0.2) is 42.5 Å². The van der Waals surface area contributed by atoms with Crippen LogP contribution < -0.4 is 5.32 Å². The molecule has 0 aliphatic heterocycles. The molecular weight excluding hydrogens is 328 g/mol. The van der Waals surface area contributed by atoms with Crippen molar-refractivity contribution in [3.63, 3.8) is 0 Å². The minimum Gasteiger partial charge on any atom is -0.298 e. The molecule has 0 aliphatic rings. The van der Waals surface area contributed by atoms with Crippen LogP contribution in [0.1, 0.15) is 16.7 Å². The number of carbonyl (C=O) groups excluding carboxylic acids is 1. The van der Waals surface area contributed by atoms with Gasteiger partial charge in [-0.2, -0.15) is 0 Å². The number of amides is 1. The molecule has 1 aromatic heterocycles. The summed E-state index contributed by atoms with van der Waals surface area (Å²) in [5.74, 6) is -0.223. The Bertz CT molecular complexity index is 876. The van der Waals surface area contributed by atoms with Crippen LogP contribution in [0.25, 0.3) is 16.3 Å². The zero-order valence-electron chi connectivity index (χ0n) is 12.8. The third-order valence-corrected chi connectivity index (χ3v) is 4.94. The third-order valence-electron chi connectivity index (χ3n) is 3.49. The predicted octanol–water partition coefficient (Wildman–Crippen LogP) is 5.22. The van der Waals surface area contributed by atoms with Crippen molar-refractivity contribution >= 4 is 50.3 Å². The van der Waals surface area contributed by atoms with Crippen molar-refractivity contribution in [2.24, 2.45) is 0 Å². The molecule has 0 fully saturated rings. The molecule has 3 rings (SSSR count). The second kappa shape index (κ2) is 6.52. The molecule has 5 heteroatoms. The molecule has 3 nitrogen and oxygen atoms in total.